The fraction of sp³-hybridized carbons (Fsp3) is 0.533. The molecule has 0 amide bonds. The second-order valence-electron chi connectivity index (χ2n) is 5.58. The van der Waals surface area contributed by atoms with Crippen molar-refractivity contribution in [3.8, 4) is 0 Å². The van der Waals surface area contributed by atoms with Crippen LogP contribution in [-0.4, -0.2) is 9.78 Å². The van der Waals surface area contributed by atoms with Crippen LogP contribution < -0.4 is 11.3 Å². The first kappa shape index (κ1) is 13.4. The van der Waals surface area contributed by atoms with E-state index in [1.807, 2.05) is 13.0 Å². The highest BCUT2D eigenvalue weighted by atomic mass is 16.3. The average molecular weight is 274 g/mol. The molecule has 0 bridgehead atoms. The van der Waals surface area contributed by atoms with Crippen molar-refractivity contribution in [1.29, 1.82) is 0 Å². The number of aromatic nitrogens is 2. The minimum atomic E-state index is 0.0423. The van der Waals surface area contributed by atoms with Gasteiger partial charge >= 0.3 is 0 Å². The molecule has 1 saturated carbocycles. The Kier molecular flexibility index (Phi) is 3.89. The van der Waals surface area contributed by atoms with E-state index in [9.17, 15) is 0 Å². The largest absolute Gasteiger partial charge is 0.469 e. The monoisotopic (exact) mass is 274 g/mol. The number of aryl methyl sites for hydroxylation is 1. The molecule has 1 fully saturated rings. The fourth-order valence-electron chi connectivity index (χ4n) is 3.08. The van der Waals surface area contributed by atoms with Crippen LogP contribution in [0.3, 0.4) is 0 Å². The van der Waals surface area contributed by atoms with E-state index in [4.69, 9.17) is 15.4 Å². The van der Waals surface area contributed by atoms with Crippen molar-refractivity contribution in [3.63, 3.8) is 0 Å². The molecular formula is C15H22N4O. The topological polar surface area (TPSA) is 69.0 Å². The number of rotatable bonds is 5. The van der Waals surface area contributed by atoms with E-state index in [2.05, 4.69) is 22.4 Å². The predicted octanol–water partition coefficient (Wildman–Crippen LogP) is 2.65. The van der Waals surface area contributed by atoms with Crippen molar-refractivity contribution in [2.45, 2.75) is 51.1 Å². The fourth-order valence-corrected chi connectivity index (χ4v) is 3.08. The maximum absolute atomic E-state index is 5.68. The molecule has 5 nitrogen and oxygen atoms in total. The molecule has 1 unspecified atom stereocenters. The minimum Gasteiger partial charge on any atom is -0.469 e. The Morgan fingerprint density at radius 1 is 1.45 bits per heavy atom. The second-order valence-corrected chi connectivity index (χ2v) is 5.58. The van der Waals surface area contributed by atoms with Crippen molar-refractivity contribution >= 4 is 0 Å². The maximum Gasteiger partial charge on any atom is 0.105 e. The van der Waals surface area contributed by atoms with Crippen molar-refractivity contribution in [2.75, 3.05) is 0 Å². The second kappa shape index (κ2) is 5.81. The third kappa shape index (κ3) is 2.64. The van der Waals surface area contributed by atoms with Gasteiger partial charge in [0.2, 0.25) is 0 Å². The summed E-state index contributed by atoms with van der Waals surface area (Å²) in [5.41, 5.74) is 5.03. The van der Waals surface area contributed by atoms with E-state index in [1.165, 1.54) is 25.7 Å². The van der Waals surface area contributed by atoms with E-state index in [1.54, 1.807) is 6.26 Å². The van der Waals surface area contributed by atoms with Crippen molar-refractivity contribution in [2.24, 2.45) is 5.84 Å². The van der Waals surface area contributed by atoms with Crippen LogP contribution in [0.4, 0.5) is 0 Å². The third-order valence-electron chi connectivity index (χ3n) is 4.25. The van der Waals surface area contributed by atoms with E-state index in [0.29, 0.717) is 6.04 Å². The summed E-state index contributed by atoms with van der Waals surface area (Å²) < 4.78 is 7.47. The smallest absolute Gasteiger partial charge is 0.105 e. The average Bonchev–Trinajstić information content (AvgIpc) is 3.17. The zero-order valence-corrected chi connectivity index (χ0v) is 11.9. The van der Waals surface area contributed by atoms with E-state index >= 15 is 0 Å². The van der Waals surface area contributed by atoms with Crippen LogP contribution in [0.15, 0.2) is 29.0 Å². The Labute approximate surface area is 119 Å². The van der Waals surface area contributed by atoms with Crippen molar-refractivity contribution in [1.82, 2.24) is 15.2 Å². The summed E-state index contributed by atoms with van der Waals surface area (Å²) in [6.07, 6.45) is 9.72. The Morgan fingerprint density at radius 2 is 2.25 bits per heavy atom. The molecule has 2 aromatic rings. The number of furan rings is 1. The van der Waals surface area contributed by atoms with Crippen molar-refractivity contribution < 1.29 is 4.42 Å². The summed E-state index contributed by atoms with van der Waals surface area (Å²) in [4.78, 5) is 0. The van der Waals surface area contributed by atoms with Crippen LogP contribution in [0.2, 0.25) is 0 Å². The molecule has 1 atom stereocenters. The van der Waals surface area contributed by atoms with Crippen LogP contribution in [-0.2, 0) is 6.42 Å². The molecule has 5 heteroatoms. The Bertz CT molecular complexity index is 554. The van der Waals surface area contributed by atoms with Crippen LogP contribution in [0.25, 0.3) is 0 Å². The van der Waals surface area contributed by atoms with Gasteiger partial charge in [-0.1, -0.05) is 12.8 Å². The van der Waals surface area contributed by atoms with Gasteiger partial charge < -0.3 is 4.42 Å². The molecule has 3 N–H and O–H groups in total. The molecule has 2 aromatic heterocycles. The SMILES string of the molecule is Cc1occc1C(Cc1ccn(C2CCCC2)n1)NN. The van der Waals surface area contributed by atoms with Crippen LogP contribution in [0, 0.1) is 6.92 Å². The molecule has 0 radical (unpaired) electrons. The third-order valence-corrected chi connectivity index (χ3v) is 4.25. The standard InChI is InChI=1S/C15H22N4O/c1-11-14(7-9-20-11)15(17-16)10-12-6-8-19(18-12)13-4-2-3-5-13/h6-9,13,15,17H,2-5,10,16H2,1H3. The van der Waals surface area contributed by atoms with Gasteiger partial charge in [0.15, 0.2) is 0 Å². The molecular weight excluding hydrogens is 252 g/mol. The first-order chi connectivity index (χ1) is 9.78. The van der Waals surface area contributed by atoms with Gasteiger partial charge in [-0.05, 0) is 31.9 Å². The first-order valence-corrected chi connectivity index (χ1v) is 7.32. The highest BCUT2D eigenvalue weighted by Gasteiger charge is 2.20. The van der Waals surface area contributed by atoms with Crippen molar-refractivity contribution in [3.05, 3.63) is 41.6 Å². The first-order valence-electron chi connectivity index (χ1n) is 7.32. The lowest BCUT2D eigenvalue weighted by atomic mass is 10.0. The van der Waals surface area contributed by atoms with Gasteiger partial charge in [0.25, 0.3) is 0 Å². The lowest BCUT2D eigenvalue weighted by molar-refractivity contribution is 0.455. The van der Waals surface area contributed by atoms with Gasteiger partial charge in [-0.3, -0.25) is 16.0 Å². The highest BCUT2D eigenvalue weighted by molar-refractivity contribution is 5.22. The van der Waals surface area contributed by atoms with Gasteiger partial charge in [0.05, 0.1) is 24.0 Å². The number of nitrogens with two attached hydrogens (primary N) is 1. The van der Waals surface area contributed by atoms with E-state index in [-0.39, 0.29) is 6.04 Å². The number of nitrogens with zero attached hydrogens (tertiary/aromatic N) is 2. The summed E-state index contributed by atoms with van der Waals surface area (Å²) in [5, 5.41) is 4.71. The van der Waals surface area contributed by atoms with Crippen LogP contribution in [0.5, 0.6) is 0 Å². The van der Waals surface area contributed by atoms with Crippen LogP contribution >= 0.6 is 0 Å². The number of hydrogen-bond donors (Lipinski definition) is 2. The molecule has 0 aliphatic heterocycles. The molecule has 3 rings (SSSR count). The number of nitrogens with one attached hydrogen (secondary N) is 1. The summed E-state index contributed by atoms with van der Waals surface area (Å²) in [5.74, 6) is 6.59. The quantitative estimate of drug-likeness (QED) is 0.649. The molecule has 0 saturated heterocycles. The summed E-state index contributed by atoms with van der Waals surface area (Å²) in [6, 6.07) is 4.69. The summed E-state index contributed by atoms with van der Waals surface area (Å²) in [7, 11) is 0. The molecule has 1 aliphatic carbocycles. The summed E-state index contributed by atoms with van der Waals surface area (Å²) in [6.45, 7) is 1.96. The lowest BCUT2D eigenvalue weighted by Gasteiger charge is -2.14. The number of hydrogen-bond acceptors (Lipinski definition) is 4. The van der Waals surface area contributed by atoms with Crippen LogP contribution in [0.1, 0.15) is 54.8 Å². The molecule has 1 aliphatic rings. The van der Waals surface area contributed by atoms with E-state index < -0.39 is 0 Å². The minimum absolute atomic E-state index is 0.0423. The predicted molar refractivity (Wildman–Crippen MR) is 76.9 cm³/mol. The van der Waals surface area contributed by atoms with Gasteiger partial charge in [0.1, 0.15) is 5.76 Å². The number of hydrazine groups is 1. The zero-order chi connectivity index (χ0) is 13.9. The zero-order valence-electron chi connectivity index (χ0n) is 11.9. The Balaban J connectivity index is 1.71. The summed E-state index contributed by atoms with van der Waals surface area (Å²) >= 11 is 0. The normalized spacial score (nSPS) is 17.7. The van der Waals surface area contributed by atoms with E-state index in [0.717, 1.165) is 23.4 Å². The molecule has 20 heavy (non-hydrogen) atoms. The Hall–Kier alpha value is -1.59. The van der Waals surface area contributed by atoms with Gasteiger partial charge in [-0.2, -0.15) is 5.10 Å². The molecule has 0 spiro atoms. The Morgan fingerprint density at radius 3 is 2.90 bits per heavy atom. The molecule has 0 aromatic carbocycles. The lowest BCUT2D eigenvalue weighted by Crippen LogP contribution is -2.29. The van der Waals surface area contributed by atoms with Gasteiger partial charge in [-0.25, -0.2) is 0 Å². The maximum atomic E-state index is 5.68. The molecule has 108 valence electrons. The molecule has 2 heterocycles. The highest BCUT2D eigenvalue weighted by Crippen LogP contribution is 2.29. The van der Waals surface area contributed by atoms with Gasteiger partial charge in [0, 0.05) is 18.2 Å². The van der Waals surface area contributed by atoms with Gasteiger partial charge in [-0.15, -0.1) is 0 Å².